The molecule has 1 atom stereocenters. The zero-order valence-electron chi connectivity index (χ0n) is 13.5. The number of carbonyl (C=O) groups is 1. The first kappa shape index (κ1) is 15.7. The molecule has 122 valence electrons. The Balaban J connectivity index is 1.71. The summed E-state index contributed by atoms with van der Waals surface area (Å²) in [5, 5.41) is 3.05. The standard InChI is InChI=1S/C18H23N3O2/c1-14-16(7-11-23-14)18(22)20-13-17(15-6-5-8-19-12-15)21-9-3-2-4-10-21/h5-8,11-12,17H,2-4,9-10,13H2,1H3,(H,20,22)/t17-/m1/s1. The molecule has 1 amide bonds. The number of likely N-dealkylation sites (tertiary alicyclic amines) is 1. The molecule has 0 aliphatic carbocycles. The van der Waals surface area contributed by atoms with Crippen molar-refractivity contribution in [2.45, 2.75) is 32.2 Å². The van der Waals surface area contributed by atoms with Crippen molar-refractivity contribution in [1.82, 2.24) is 15.2 Å². The van der Waals surface area contributed by atoms with Gasteiger partial charge in [0.05, 0.1) is 17.9 Å². The summed E-state index contributed by atoms with van der Waals surface area (Å²) in [7, 11) is 0. The molecule has 1 aliphatic heterocycles. The molecule has 2 aromatic heterocycles. The molecule has 1 fully saturated rings. The number of aryl methyl sites for hydroxylation is 1. The lowest BCUT2D eigenvalue weighted by Crippen LogP contribution is -2.40. The van der Waals surface area contributed by atoms with E-state index in [9.17, 15) is 4.79 Å². The third kappa shape index (κ3) is 3.79. The quantitative estimate of drug-likeness (QED) is 0.922. The summed E-state index contributed by atoms with van der Waals surface area (Å²) in [5.41, 5.74) is 1.76. The summed E-state index contributed by atoms with van der Waals surface area (Å²) in [4.78, 5) is 19.0. The van der Waals surface area contributed by atoms with Gasteiger partial charge in [0, 0.05) is 18.9 Å². The zero-order valence-corrected chi connectivity index (χ0v) is 13.5. The minimum absolute atomic E-state index is 0.0813. The Labute approximate surface area is 136 Å². The monoisotopic (exact) mass is 313 g/mol. The number of rotatable bonds is 5. The summed E-state index contributed by atoms with van der Waals surface area (Å²) in [6, 6.07) is 5.92. The molecule has 0 radical (unpaired) electrons. The van der Waals surface area contributed by atoms with Crippen LogP contribution in [0.5, 0.6) is 0 Å². The second kappa shape index (κ2) is 7.42. The highest BCUT2D eigenvalue weighted by Gasteiger charge is 2.23. The molecular formula is C18H23N3O2. The van der Waals surface area contributed by atoms with Gasteiger partial charge in [-0.05, 0) is 50.6 Å². The molecule has 5 nitrogen and oxygen atoms in total. The summed E-state index contributed by atoms with van der Waals surface area (Å²) < 4.78 is 5.21. The average Bonchev–Trinajstić information content (AvgIpc) is 3.03. The van der Waals surface area contributed by atoms with Crippen molar-refractivity contribution >= 4 is 5.91 Å². The molecule has 0 bridgehead atoms. The highest BCUT2D eigenvalue weighted by atomic mass is 16.3. The van der Waals surface area contributed by atoms with Crippen molar-refractivity contribution in [2.75, 3.05) is 19.6 Å². The minimum Gasteiger partial charge on any atom is -0.469 e. The fraction of sp³-hybridized carbons (Fsp3) is 0.444. The van der Waals surface area contributed by atoms with E-state index in [1.165, 1.54) is 19.3 Å². The number of furan rings is 1. The van der Waals surface area contributed by atoms with Gasteiger partial charge in [0.25, 0.3) is 5.91 Å². The maximum absolute atomic E-state index is 12.3. The number of pyridine rings is 1. The summed E-state index contributed by atoms with van der Waals surface area (Å²) in [6.45, 7) is 4.52. The molecule has 5 heteroatoms. The molecular weight excluding hydrogens is 290 g/mol. The van der Waals surface area contributed by atoms with Gasteiger partial charge in [-0.2, -0.15) is 0 Å². The Bertz CT molecular complexity index is 633. The second-order valence-electron chi connectivity index (χ2n) is 6.00. The Morgan fingerprint density at radius 1 is 1.35 bits per heavy atom. The van der Waals surface area contributed by atoms with Gasteiger partial charge < -0.3 is 9.73 Å². The number of hydrogen-bond donors (Lipinski definition) is 1. The Morgan fingerprint density at radius 3 is 2.83 bits per heavy atom. The second-order valence-corrected chi connectivity index (χ2v) is 6.00. The van der Waals surface area contributed by atoms with Crippen molar-refractivity contribution < 1.29 is 9.21 Å². The van der Waals surface area contributed by atoms with Crippen LogP contribution in [-0.2, 0) is 0 Å². The number of nitrogens with one attached hydrogen (secondary N) is 1. The van der Waals surface area contributed by atoms with Crippen LogP contribution in [0.25, 0.3) is 0 Å². The largest absolute Gasteiger partial charge is 0.469 e. The molecule has 0 aromatic carbocycles. The van der Waals surface area contributed by atoms with Crippen LogP contribution in [0.4, 0.5) is 0 Å². The van der Waals surface area contributed by atoms with Gasteiger partial charge in [-0.1, -0.05) is 12.5 Å². The number of hydrogen-bond acceptors (Lipinski definition) is 4. The predicted octanol–water partition coefficient (Wildman–Crippen LogP) is 2.94. The van der Waals surface area contributed by atoms with Gasteiger partial charge in [-0.15, -0.1) is 0 Å². The predicted molar refractivity (Wildman–Crippen MR) is 88.2 cm³/mol. The van der Waals surface area contributed by atoms with E-state index in [1.54, 1.807) is 25.5 Å². The highest BCUT2D eigenvalue weighted by Crippen LogP contribution is 2.23. The smallest absolute Gasteiger partial charge is 0.254 e. The van der Waals surface area contributed by atoms with E-state index in [0.29, 0.717) is 17.9 Å². The topological polar surface area (TPSA) is 58.4 Å². The van der Waals surface area contributed by atoms with Gasteiger partial charge in [0.2, 0.25) is 0 Å². The van der Waals surface area contributed by atoms with Gasteiger partial charge >= 0.3 is 0 Å². The van der Waals surface area contributed by atoms with Gasteiger partial charge in [-0.3, -0.25) is 14.7 Å². The van der Waals surface area contributed by atoms with Crippen LogP contribution in [0.2, 0.25) is 0 Å². The lowest BCUT2D eigenvalue weighted by Gasteiger charge is -2.34. The molecule has 3 heterocycles. The van der Waals surface area contributed by atoms with Crippen LogP contribution in [-0.4, -0.2) is 35.4 Å². The molecule has 1 saturated heterocycles. The van der Waals surface area contributed by atoms with Crippen LogP contribution >= 0.6 is 0 Å². The van der Waals surface area contributed by atoms with E-state index in [-0.39, 0.29) is 11.9 Å². The molecule has 0 unspecified atom stereocenters. The average molecular weight is 313 g/mol. The first-order valence-electron chi connectivity index (χ1n) is 8.22. The molecule has 23 heavy (non-hydrogen) atoms. The number of aromatic nitrogens is 1. The van der Waals surface area contributed by atoms with E-state index in [1.807, 2.05) is 12.3 Å². The van der Waals surface area contributed by atoms with Crippen molar-refractivity contribution in [3.05, 3.63) is 53.7 Å². The van der Waals surface area contributed by atoms with Crippen LogP contribution in [0.1, 0.15) is 47.0 Å². The van der Waals surface area contributed by atoms with Gasteiger partial charge in [0.1, 0.15) is 5.76 Å². The van der Waals surface area contributed by atoms with Crippen molar-refractivity contribution in [3.63, 3.8) is 0 Å². The minimum atomic E-state index is -0.0813. The molecule has 0 saturated carbocycles. The number of nitrogens with zero attached hydrogens (tertiary/aromatic N) is 2. The highest BCUT2D eigenvalue weighted by molar-refractivity contribution is 5.95. The maximum Gasteiger partial charge on any atom is 0.254 e. The maximum atomic E-state index is 12.3. The number of amides is 1. The molecule has 3 rings (SSSR count). The molecule has 1 aliphatic rings. The van der Waals surface area contributed by atoms with E-state index in [2.05, 4.69) is 21.3 Å². The lowest BCUT2D eigenvalue weighted by atomic mass is 10.0. The Morgan fingerprint density at radius 2 is 2.17 bits per heavy atom. The van der Waals surface area contributed by atoms with Gasteiger partial charge in [0.15, 0.2) is 0 Å². The van der Waals surface area contributed by atoms with Crippen LogP contribution in [0, 0.1) is 6.92 Å². The van der Waals surface area contributed by atoms with E-state index in [0.717, 1.165) is 18.7 Å². The SMILES string of the molecule is Cc1occc1C(=O)NC[C@H](c1cccnc1)N1CCCCC1. The summed E-state index contributed by atoms with van der Waals surface area (Å²) in [6.07, 6.45) is 8.94. The van der Waals surface area contributed by atoms with Crippen LogP contribution < -0.4 is 5.32 Å². The molecule has 1 N–H and O–H groups in total. The summed E-state index contributed by atoms with van der Waals surface area (Å²) in [5.74, 6) is 0.570. The first-order valence-corrected chi connectivity index (χ1v) is 8.22. The number of carbonyl (C=O) groups excluding carboxylic acids is 1. The van der Waals surface area contributed by atoms with Gasteiger partial charge in [-0.25, -0.2) is 0 Å². The fourth-order valence-corrected chi connectivity index (χ4v) is 3.17. The lowest BCUT2D eigenvalue weighted by molar-refractivity contribution is 0.0923. The zero-order chi connectivity index (χ0) is 16.1. The fourth-order valence-electron chi connectivity index (χ4n) is 3.17. The number of piperidine rings is 1. The van der Waals surface area contributed by atoms with E-state index in [4.69, 9.17) is 4.42 Å². The normalized spacial score (nSPS) is 16.9. The van der Waals surface area contributed by atoms with Crippen LogP contribution in [0.3, 0.4) is 0 Å². The van der Waals surface area contributed by atoms with E-state index >= 15 is 0 Å². The van der Waals surface area contributed by atoms with Crippen LogP contribution in [0.15, 0.2) is 41.3 Å². The van der Waals surface area contributed by atoms with Crippen molar-refractivity contribution in [1.29, 1.82) is 0 Å². The Kier molecular flexibility index (Phi) is 5.08. The third-order valence-corrected chi connectivity index (χ3v) is 4.46. The van der Waals surface area contributed by atoms with Crippen molar-refractivity contribution in [2.24, 2.45) is 0 Å². The first-order chi connectivity index (χ1) is 11.3. The molecule has 0 spiro atoms. The molecule has 2 aromatic rings. The van der Waals surface area contributed by atoms with E-state index < -0.39 is 0 Å². The van der Waals surface area contributed by atoms with Crippen molar-refractivity contribution in [3.8, 4) is 0 Å². The Hall–Kier alpha value is -2.14. The summed E-state index contributed by atoms with van der Waals surface area (Å²) >= 11 is 0. The third-order valence-electron chi connectivity index (χ3n) is 4.46.